The van der Waals surface area contributed by atoms with Crippen LogP contribution in [0.25, 0.3) is 5.03 Å². The van der Waals surface area contributed by atoms with Crippen LogP contribution in [0.15, 0.2) is 5.54 Å². The van der Waals surface area contributed by atoms with E-state index >= 15 is 0 Å². The minimum Gasteiger partial charge on any atom is -0.272 e. The van der Waals surface area contributed by atoms with Gasteiger partial charge in [-0.2, -0.15) is 5.10 Å². The lowest BCUT2D eigenvalue weighted by Gasteiger charge is -1.97. The number of rotatable bonds is 1. The molecule has 1 rings (SSSR count). The minimum absolute atomic E-state index is 0.541. The van der Waals surface area contributed by atoms with Crippen molar-refractivity contribution in [1.29, 1.82) is 0 Å². The van der Waals surface area contributed by atoms with Crippen molar-refractivity contribution in [3.8, 4) is 0 Å². The first-order chi connectivity index (χ1) is 5.57. The van der Waals surface area contributed by atoms with Crippen molar-refractivity contribution in [2.24, 2.45) is 7.05 Å². The summed E-state index contributed by atoms with van der Waals surface area (Å²) < 4.78 is 1.79. The SMILES string of the molecule is Cc1nn(C)c(C)c1C(Cl)=CCl. The van der Waals surface area contributed by atoms with Crippen LogP contribution in [0, 0.1) is 13.8 Å². The van der Waals surface area contributed by atoms with Gasteiger partial charge < -0.3 is 0 Å². The molecule has 0 unspecified atom stereocenters. The Morgan fingerprint density at radius 2 is 2.08 bits per heavy atom. The first kappa shape index (κ1) is 9.62. The summed E-state index contributed by atoms with van der Waals surface area (Å²) >= 11 is 11.4. The Bertz CT molecular complexity index is 326. The van der Waals surface area contributed by atoms with E-state index in [1.165, 1.54) is 5.54 Å². The van der Waals surface area contributed by atoms with Crippen LogP contribution in [0.5, 0.6) is 0 Å². The van der Waals surface area contributed by atoms with E-state index in [0.717, 1.165) is 17.0 Å². The summed E-state index contributed by atoms with van der Waals surface area (Å²) in [7, 11) is 1.88. The summed E-state index contributed by atoms with van der Waals surface area (Å²) in [6.45, 7) is 3.86. The van der Waals surface area contributed by atoms with Crippen LogP contribution in [0.2, 0.25) is 0 Å². The Labute approximate surface area is 81.8 Å². The van der Waals surface area contributed by atoms with Crippen molar-refractivity contribution >= 4 is 28.2 Å². The third-order valence-electron chi connectivity index (χ3n) is 1.84. The Hall–Kier alpha value is -0.470. The monoisotopic (exact) mass is 204 g/mol. The lowest BCUT2D eigenvalue weighted by atomic mass is 10.2. The molecule has 0 fully saturated rings. The topological polar surface area (TPSA) is 17.8 Å². The van der Waals surface area contributed by atoms with Crippen LogP contribution in [0.4, 0.5) is 0 Å². The molecule has 0 saturated carbocycles. The summed E-state index contributed by atoms with van der Waals surface area (Å²) in [5.74, 6) is 0. The fourth-order valence-electron chi connectivity index (χ4n) is 1.17. The molecule has 2 nitrogen and oxygen atoms in total. The average Bonchev–Trinajstić information content (AvgIpc) is 2.26. The van der Waals surface area contributed by atoms with Crippen molar-refractivity contribution in [3.63, 3.8) is 0 Å². The molecule has 0 aliphatic heterocycles. The highest BCUT2D eigenvalue weighted by atomic mass is 35.5. The van der Waals surface area contributed by atoms with Crippen molar-refractivity contribution in [2.75, 3.05) is 0 Å². The Kier molecular flexibility index (Phi) is 2.80. The molecule has 0 aliphatic rings. The van der Waals surface area contributed by atoms with Gasteiger partial charge >= 0.3 is 0 Å². The van der Waals surface area contributed by atoms with Gasteiger partial charge in [0, 0.05) is 23.8 Å². The average molecular weight is 205 g/mol. The van der Waals surface area contributed by atoms with Gasteiger partial charge in [0.2, 0.25) is 0 Å². The van der Waals surface area contributed by atoms with Gasteiger partial charge in [-0.1, -0.05) is 23.2 Å². The molecule has 12 heavy (non-hydrogen) atoms. The number of aromatic nitrogens is 2. The summed E-state index contributed by atoms with van der Waals surface area (Å²) in [6, 6.07) is 0. The quantitative estimate of drug-likeness (QED) is 0.689. The molecule has 1 heterocycles. The molecule has 0 spiro atoms. The number of aryl methyl sites for hydroxylation is 2. The predicted octanol–water partition coefficient (Wildman–Crippen LogP) is 2.81. The molecule has 0 saturated heterocycles. The predicted molar refractivity (Wildman–Crippen MR) is 52.4 cm³/mol. The van der Waals surface area contributed by atoms with Crippen LogP contribution in [-0.4, -0.2) is 9.78 Å². The second-order valence-electron chi connectivity index (χ2n) is 2.63. The van der Waals surface area contributed by atoms with Gasteiger partial charge in [0.1, 0.15) is 0 Å². The molecule has 1 aromatic rings. The standard InChI is InChI=1S/C8H10Cl2N2/c1-5-8(7(10)4-9)6(2)12(3)11-5/h4H,1-3H3. The third kappa shape index (κ3) is 1.50. The van der Waals surface area contributed by atoms with E-state index in [0.29, 0.717) is 5.03 Å². The number of nitrogens with zero attached hydrogens (tertiary/aromatic N) is 2. The van der Waals surface area contributed by atoms with Crippen LogP contribution in [0.1, 0.15) is 17.0 Å². The minimum atomic E-state index is 0.541. The van der Waals surface area contributed by atoms with Gasteiger partial charge in [-0.25, -0.2) is 0 Å². The van der Waals surface area contributed by atoms with Crippen LogP contribution in [-0.2, 0) is 7.05 Å². The van der Waals surface area contributed by atoms with Gasteiger partial charge in [0.15, 0.2) is 0 Å². The summed E-state index contributed by atoms with van der Waals surface area (Å²) in [5, 5.41) is 4.75. The van der Waals surface area contributed by atoms with E-state index in [2.05, 4.69) is 5.10 Å². The van der Waals surface area contributed by atoms with Gasteiger partial charge in [-0.15, -0.1) is 0 Å². The van der Waals surface area contributed by atoms with Crippen LogP contribution in [0.3, 0.4) is 0 Å². The van der Waals surface area contributed by atoms with Gasteiger partial charge in [0.25, 0.3) is 0 Å². The molecular weight excluding hydrogens is 195 g/mol. The number of halogens is 2. The maximum absolute atomic E-state index is 5.89. The lowest BCUT2D eigenvalue weighted by Crippen LogP contribution is -1.92. The molecule has 0 amide bonds. The lowest BCUT2D eigenvalue weighted by molar-refractivity contribution is 0.731. The van der Waals surface area contributed by atoms with Gasteiger partial charge in [0.05, 0.1) is 10.7 Å². The molecule has 0 aliphatic carbocycles. The summed E-state index contributed by atoms with van der Waals surface area (Å²) in [4.78, 5) is 0. The van der Waals surface area contributed by atoms with Crippen LogP contribution < -0.4 is 0 Å². The highest BCUT2D eigenvalue weighted by molar-refractivity contribution is 6.53. The van der Waals surface area contributed by atoms with Crippen molar-refractivity contribution in [2.45, 2.75) is 13.8 Å². The van der Waals surface area contributed by atoms with Gasteiger partial charge in [-0.05, 0) is 13.8 Å². The Morgan fingerprint density at radius 1 is 1.50 bits per heavy atom. The van der Waals surface area contributed by atoms with E-state index < -0.39 is 0 Å². The van der Waals surface area contributed by atoms with Crippen LogP contribution >= 0.6 is 23.2 Å². The van der Waals surface area contributed by atoms with Gasteiger partial charge in [-0.3, -0.25) is 4.68 Å². The second-order valence-corrected chi connectivity index (χ2v) is 3.25. The number of hydrogen-bond donors (Lipinski definition) is 0. The zero-order valence-corrected chi connectivity index (χ0v) is 8.74. The second kappa shape index (κ2) is 3.50. The zero-order valence-electron chi connectivity index (χ0n) is 7.23. The fraction of sp³-hybridized carbons (Fsp3) is 0.375. The molecule has 0 N–H and O–H groups in total. The molecule has 66 valence electrons. The molecular formula is C8H10Cl2N2. The first-order valence-corrected chi connectivity index (χ1v) is 4.35. The largest absolute Gasteiger partial charge is 0.272 e. The van der Waals surface area contributed by atoms with E-state index in [-0.39, 0.29) is 0 Å². The number of hydrogen-bond acceptors (Lipinski definition) is 1. The summed E-state index contributed by atoms with van der Waals surface area (Å²) in [6.07, 6.45) is 0. The molecule has 0 atom stereocenters. The highest BCUT2D eigenvalue weighted by Gasteiger charge is 2.11. The third-order valence-corrected chi connectivity index (χ3v) is 2.47. The molecule has 0 aromatic carbocycles. The van der Waals surface area contributed by atoms with E-state index in [4.69, 9.17) is 23.2 Å². The smallest absolute Gasteiger partial charge is 0.0684 e. The van der Waals surface area contributed by atoms with E-state index in [9.17, 15) is 0 Å². The van der Waals surface area contributed by atoms with E-state index in [1.54, 1.807) is 4.68 Å². The molecule has 0 radical (unpaired) electrons. The normalized spacial score (nSPS) is 12.2. The fourth-order valence-corrected chi connectivity index (χ4v) is 1.56. The molecule has 1 aromatic heterocycles. The molecule has 4 heteroatoms. The van der Waals surface area contributed by atoms with E-state index in [1.807, 2.05) is 20.9 Å². The highest BCUT2D eigenvalue weighted by Crippen LogP contribution is 2.25. The Morgan fingerprint density at radius 3 is 2.42 bits per heavy atom. The maximum Gasteiger partial charge on any atom is 0.0684 e. The zero-order chi connectivity index (χ0) is 9.30. The summed E-state index contributed by atoms with van der Waals surface area (Å²) in [5.41, 5.74) is 4.21. The van der Waals surface area contributed by atoms with Crippen molar-refractivity contribution in [3.05, 3.63) is 22.5 Å². The Balaban J connectivity index is 3.32. The van der Waals surface area contributed by atoms with Crippen molar-refractivity contribution in [1.82, 2.24) is 9.78 Å². The maximum atomic E-state index is 5.89. The molecule has 0 bridgehead atoms. The first-order valence-electron chi connectivity index (χ1n) is 3.54. The van der Waals surface area contributed by atoms with Crippen molar-refractivity contribution < 1.29 is 0 Å².